The first-order valence-corrected chi connectivity index (χ1v) is 11.7. The number of aromatic nitrogens is 2. The standard InChI is InChI=1S/C19H17ClN4O4S2/c20-14-4-1-5-15(9-14)28-11-18(25)24-8-2-3-13-6-7-16(10-17(13)24)30(26,27)23-19-21-12-22-29-19/h1,4-7,9-10,12H,2-3,8,11H2,(H,21,22,23). The molecule has 0 spiro atoms. The van der Waals surface area contributed by atoms with Crippen molar-refractivity contribution in [2.75, 3.05) is 22.8 Å². The molecule has 3 aromatic rings. The van der Waals surface area contributed by atoms with Crippen LogP contribution in [-0.4, -0.2) is 36.8 Å². The molecule has 1 aromatic heterocycles. The number of nitrogens with zero attached hydrogens (tertiary/aromatic N) is 3. The Bertz CT molecular complexity index is 1170. The van der Waals surface area contributed by atoms with E-state index in [0.717, 1.165) is 29.9 Å². The van der Waals surface area contributed by atoms with E-state index in [9.17, 15) is 13.2 Å². The Morgan fingerprint density at radius 3 is 2.90 bits per heavy atom. The van der Waals surface area contributed by atoms with Gasteiger partial charge in [-0.05, 0) is 48.7 Å². The van der Waals surface area contributed by atoms with Gasteiger partial charge in [-0.25, -0.2) is 13.4 Å². The number of fused-ring (bicyclic) bond motifs is 1. The van der Waals surface area contributed by atoms with Crippen LogP contribution in [0.15, 0.2) is 53.7 Å². The second kappa shape index (κ2) is 8.58. The number of anilines is 2. The smallest absolute Gasteiger partial charge is 0.264 e. The van der Waals surface area contributed by atoms with Crippen LogP contribution in [0.1, 0.15) is 12.0 Å². The van der Waals surface area contributed by atoms with E-state index in [2.05, 4.69) is 14.1 Å². The second-order valence-electron chi connectivity index (χ2n) is 6.54. The van der Waals surface area contributed by atoms with E-state index in [1.807, 2.05) is 0 Å². The number of carbonyl (C=O) groups is 1. The minimum absolute atomic E-state index is 0.0481. The van der Waals surface area contributed by atoms with Crippen LogP contribution in [0.3, 0.4) is 0 Å². The SMILES string of the molecule is O=C(COc1cccc(Cl)c1)N1CCCc2ccc(S(=O)(=O)Nc3ncns3)cc21. The van der Waals surface area contributed by atoms with Crippen LogP contribution in [0.2, 0.25) is 5.02 Å². The van der Waals surface area contributed by atoms with E-state index >= 15 is 0 Å². The van der Waals surface area contributed by atoms with E-state index < -0.39 is 10.0 Å². The molecular formula is C19H17ClN4O4S2. The van der Waals surface area contributed by atoms with Crippen LogP contribution in [0.4, 0.5) is 10.8 Å². The Kier molecular flexibility index (Phi) is 5.89. The predicted molar refractivity (Wildman–Crippen MR) is 115 cm³/mol. The monoisotopic (exact) mass is 464 g/mol. The topological polar surface area (TPSA) is 101 Å². The van der Waals surface area contributed by atoms with E-state index in [0.29, 0.717) is 23.0 Å². The molecule has 1 amide bonds. The lowest BCUT2D eigenvalue weighted by Gasteiger charge is -2.30. The van der Waals surface area contributed by atoms with E-state index in [4.69, 9.17) is 16.3 Å². The van der Waals surface area contributed by atoms with Gasteiger partial charge in [0.05, 0.1) is 4.90 Å². The molecule has 0 fully saturated rings. The van der Waals surface area contributed by atoms with E-state index in [1.54, 1.807) is 35.2 Å². The second-order valence-corrected chi connectivity index (χ2v) is 9.44. The number of nitrogens with one attached hydrogen (secondary N) is 1. The van der Waals surface area contributed by atoms with Crippen LogP contribution < -0.4 is 14.4 Å². The van der Waals surface area contributed by atoms with Crippen LogP contribution in [0.25, 0.3) is 0 Å². The number of sulfonamides is 1. The number of carbonyl (C=O) groups excluding carboxylic acids is 1. The van der Waals surface area contributed by atoms with Crippen molar-refractivity contribution in [2.24, 2.45) is 0 Å². The third kappa shape index (κ3) is 4.55. The lowest BCUT2D eigenvalue weighted by Crippen LogP contribution is -2.38. The Labute approximate surface area is 182 Å². The van der Waals surface area contributed by atoms with Crippen molar-refractivity contribution in [3.05, 3.63) is 59.4 Å². The molecule has 0 bridgehead atoms. The molecule has 8 nitrogen and oxygen atoms in total. The third-order valence-electron chi connectivity index (χ3n) is 4.53. The normalized spacial score (nSPS) is 13.6. The average Bonchev–Trinajstić information content (AvgIpc) is 3.23. The van der Waals surface area contributed by atoms with E-state index in [1.165, 1.54) is 18.5 Å². The van der Waals surface area contributed by atoms with Gasteiger partial charge in [-0.15, -0.1) is 0 Å². The number of benzene rings is 2. The van der Waals surface area contributed by atoms with Gasteiger partial charge >= 0.3 is 0 Å². The molecule has 2 aromatic carbocycles. The van der Waals surface area contributed by atoms with Gasteiger partial charge in [0, 0.05) is 28.8 Å². The van der Waals surface area contributed by atoms with Crippen molar-refractivity contribution in [1.29, 1.82) is 0 Å². The van der Waals surface area contributed by atoms with Crippen molar-refractivity contribution in [3.8, 4) is 5.75 Å². The first-order valence-electron chi connectivity index (χ1n) is 9.03. The van der Waals surface area contributed by atoms with Gasteiger partial charge in [0.15, 0.2) is 6.61 Å². The zero-order valence-corrected chi connectivity index (χ0v) is 18.0. The lowest BCUT2D eigenvalue weighted by atomic mass is 10.0. The highest BCUT2D eigenvalue weighted by atomic mass is 35.5. The Morgan fingerprint density at radius 1 is 1.27 bits per heavy atom. The van der Waals surface area contributed by atoms with Gasteiger partial charge in [-0.1, -0.05) is 23.7 Å². The largest absolute Gasteiger partial charge is 0.484 e. The lowest BCUT2D eigenvalue weighted by molar-refractivity contribution is -0.120. The van der Waals surface area contributed by atoms with Crippen molar-refractivity contribution in [3.63, 3.8) is 0 Å². The molecule has 0 radical (unpaired) electrons. The average molecular weight is 465 g/mol. The maximum absolute atomic E-state index is 12.8. The molecule has 0 aliphatic carbocycles. The molecule has 0 atom stereocenters. The summed E-state index contributed by atoms with van der Waals surface area (Å²) < 4.78 is 37.1. The number of hydrogen-bond acceptors (Lipinski definition) is 7. The summed E-state index contributed by atoms with van der Waals surface area (Å²) in [5, 5.41) is 0.691. The van der Waals surface area contributed by atoms with Crippen LogP contribution in [0, 0.1) is 0 Å². The van der Waals surface area contributed by atoms with Crippen LogP contribution in [-0.2, 0) is 21.2 Å². The summed E-state index contributed by atoms with van der Waals surface area (Å²) in [6.45, 7) is 0.303. The highest BCUT2D eigenvalue weighted by molar-refractivity contribution is 7.93. The summed E-state index contributed by atoms with van der Waals surface area (Å²) in [6.07, 6.45) is 2.82. The van der Waals surface area contributed by atoms with Gasteiger partial charge in [0.25, 0.3) is 15.9 Å². The predicted octanol–water partition coefficient (Wildman–Crippen LogP) is 3.35. The van der Waals surface area contributed by atoms with Gasteiger partial charge in [-0.2, -0.15) is 4.37 Å². The van der Waals surface area contributed by atoms with Gasteiger partial charge < -0.3 is 9.64 Å². The van der Waals surface area contributed by atoms with Crippen molar-refractivity contribution >= 4 is 49.9 Å². The Morgan fingerprint density at radius 2 is 2.13 bits per heavy atom. The molecule has 1 aliphatic rings. The summed E-state index contributed by atoms with van der Waals surface area (Å²) in [4.78, 5) is 18.3. The van der Waals surface area contributed by atoms with Crippen molar-refractivity contribution < 1.29 is 17.9 Å². The maximum atomic E-state index is 12.8. The Hall–Kier alpha value is -2.69. The number of hydrogen-bond donors (Lipinski definition) is 1. The fourth-order valence-electron chi connectivity index (χ4n) is 3.15. The number of halogens is 1. The third-order valence-corrected chi connectivity index (χ3v) is 6.81. The summed E-state index contributed by atoms with van der Waals surface area (Å²) in [5.74, 6) is 0.230. The minimum atomic E-state index is -3.85. The van der Waals surface area contributed by atoms with Gasteiger partial charge in [0.1, 0.15) is 12.1 Å². The zero-order valence-electron chi connectivity index (χ0n) is 15.6. The molecule has 156 valence electrons. The molecule has 1 aliphatic heterocycles. The molecule has 4 rings (SSSR count). The minimum Gasteiger partial charge on any atom is -0.484 e. The van der Waals surface area contributed by atoms with Crippen molar-refractivity contribution in [2.45, 2.75) is 17.7 Å². The Balaban J connectivity index is 1.55. The van der Waals surface area contributed by atoms with Crippen molar-refractivity contribution in [1.82, 2.24) is 9.36 Å². The molecule has 0 saturated heterocycles. The number of amides is 1. The molecule has 1 N–H and O–H groups in total. The fraction of sp³-hybridized carbons (Fsp3) is 0.211. The number of aryl methyl sites for hydroxylation is 1. The fourth-order valence-corrected chi connectivity index (χ4v) is 5.01. The quantitative estimate of drug-likeness (QED) is 0.600. The molecule has 11 heteroatoms. The first kappa shape index (κ1) is 20.6. The summed E-state index contributed by atoms with van der Waals surface area (Å²) in [6, 6.07) is 11.6. The summed E-state index contributed by atoms with van der Waals surface area (Å²) in [5.41, 5.74) is 1.48. The highest BCUT2D eigenvalue weighted by Crippen LogP contribution is 2.31. The van der Waals surface area contributed by atoms with Gasteiger partial charge in [-0.3, -0.25) is 9.52 Å². The molecule has 30 heavy (non-hydrogen) atoms. The summed E-state index contributed by atoms with van der Waals surface area (Å²) in [7, 11) is -3.85. The molecule has 0 unspecified atom stereocenters. The first-order chi connectivity index (χ1) is 14.4. The highest BCUT2D eigenvalue weighted by Gasteiger charge is 2.26. The molecule has 0 saturated carbocycles. The van der Waals surface area contributed by atoms with Crippen LogP contribution in [0.5, 0.6) is 5.75 Å². The molecule has 2 heterocycles. The molecular weight excluding hydrogens is 448 g/mol. The zero-order chi connectivity index (χ0) is 21.1. The maximum Gasteiger partial charge on any atom is 0.264 e. The summed E-state index contributed by atoms with van der Waals surface area (Å²) >= 11 is 6.88. The van der Waals surface area contributed by atoms with Gasteiger partial charge in [0.2, 0.25) is 5.13 Å². The van der Waals surface area contributed by atoms with Crippen LogP contribution >= 0.6 is 23.1 Å². The number of rotatable bonds is 6. The van der Waals surface area contributed by atoms with E-state index in [-0.39, 0.29) is 22.5 Å². The number of ether oxygens (including phenoxy) is 1.